The topological polar surface area (TPSA) is 62.5 Å². The molecule has 0 amide bonds. The molecule has 5 nitrogen and oxygen atoms in total. The maximum atomic E-state index is 5.55. The first-order chi connectivity index (χ1) is 11.7. The fraction of sp³-hybridized carbons (Fsp3) is 0.474. The van der Waals surface area contributed by atoms with Gasteiger partial charge in [0.15, 0.2) is 5.96 Å². The van der Waals surface area contributed by atoms with Crippen molar-refractivity contribution >= 4 is 5.96 Å². The van der Waals surface area contributed by atoms with Gasteiger partial charge in [0.1, 0.15) is 5.76 Å². The summed E-state index contributed by atoms with van der Waals surface area (Å²) in [4.78, 5) is 8.58. The molecule has 0 aliphatic rings. The quantitative estimate of drug-likeness (QED) is 0.443. The molecule has 0 spiro atoms. The number of unbranched alkanes of at least 4 members (excludes halogenated alkanes) is 2. The van der Waals surface area contributed by atoms with Crippen molar-refractivity contribution in [1.82, 2.24) is 15.6 Å². The van der Waals surface area contributed by atoms with E-state index in [1.165, 1.54) is 18.4 Å². The second-order valence-corrected chi connectivity index (χ2v) is 5.90. The molecule has 130 valence electrons. The van der Waals surface area contributed by atoms with E-state index in [9.17, 15) is 0 Å². The van der Waals surface area contributed by atoms with Gasteiger partial charge in [-0.15, -0.1) is 0 Å². The fourth-order valence-corrected chi connectivity index (χ4v) is 2.48. The highest BCUT2D eigenvalue weighted by atomic mass is 16.4. The van der Waals surface area contributed by atoms with Gasteiger partial charge in [0.2, 0.25) is 5.89 Å². The van der Waals surface area contributed by atoms with E-state index in [2.05, 4.69) is 50.9 Å². The summed E-state index contributed by atoms with van der Waals surface area (Å²) >= 11 is 0. The Morgan fingerprint density at radius 2 is 1.88 bits per heavy atom. The van der Waals surface area contributed by atoms with E-state index in [1.807, 2.05) is 13.8 Å². The minimum atomic E-state index is 0.544. The van der Waals surface area contributed by atoms with Crippen LogP contribution in [0, 0.1) is 13.8 Å². The summed E-state index contributed by atoms with van der Waals surface area (Å²) in [5, 5.41) is 6.55. The molecular formula is C19H28N4O. The molecule has 0 unspecified atom stereocenters. The van der Waals surface area contributed by atoms with Gasteiger partial charge < -0.3 is 15.1 Å². The predicted molar refractivity (Wildman–Crippen MR) is 98.2 cm³/mol. The van der Waals surface area contributed by atoms with Gasteiger partial charge in [0.25, 0.3) is 0 Å². The highest BCUT2D eigenvalue weighted by Gasteiger charge is 2.06. The average molecular weight is 328 g/mol. The molecule has 0 aliphatic carbocycles. The summed E-state index contributed by atoms with van der Waals surface area (Å²) in [6.07, 6.45) is 4.70. The summed E-state index contributed by atoms with van der Waals surface area (Å²) in [5.74, 6) is 2.34. The van der Waals surface area contributed by atoms with Crippen LogP contribution in [0.4, 0.5) is 0 Å². The number of rotatable bonds is 8. The number of hydrogen-bond donors (Lipinski definition) is 2. The third-order valence-corrected chi connectivity index (χ3v) is 3.98. The van der Waals surface area contributed by atoms with Crippen LogP contribution in [0.3, 0.4) is 0 Å². The van der Waals surface area contributed by atoms with Crippen molar-refractivity contribution in [2.75, 3.05) is 13.6 Å². The van der Waals surface area contributed by atoms with Crippen LogP contribution in [0.15, 0.2) is 39.7 Å². The maximum Gasteiger partial charge on any atom is 0.214 e. The van der Waals surface area contributed by atoms with Crippen molar-refractivity contribution in [3.05, 3.63) is 53.2 Å². The Balaban J connectivity index is 1.58. The van der Waals surface area contributed by atoms with Crippen LogP contribution in [0.5, 0.6) is 0 Å². The van der Waals surface area contributed by atoms with Crippen LogP contribution in [-0.4, -0.2) is 24.5 Å². The van der Waals surface area contributed by atoms with Crippen LogP contribution in [-0.2, 0) is 13.0 Å². The number of aryl methyl sites for hydroxylation is 3. The van der Waals surface area contributed by atoms with Gasteiger partial charge >= 0.3 is 0 Å². The Morgan fingerprint density at radius 3 is 2.54 bits per heavy atom. The Kier molecular flexibility index (Phi) is 7.33. The molecule has 2 aromatic rings. The Labute approximate surface area is 144 Å². The number of nitrogens with zero attached hydrogens (tertiary/aromatic N) is 2. The van der Waals surface area contributed by atoms with Crippen LogP contribution >= 0.6 is 0 Å². The standard InChI is InChI=1S/C19H28N4O/c1-15-16(2)24-18(23-15)14-22-19(20-3)21-13-9-5-8-12-17-10-6-4-7-11-17/h4,6-7,10-11H,5,8-9,12-14H2,1-3H3,(H2,20,21,22). The predicted octanol–water partition coefficient (Wildman–Crippen LogP) is 3.37. The number of aromatic nitrogens is 1. The van der Waals surface area contributed by atoms with E-state index in [0.717, 1.165) is 36.8 Å². The minimum absolute atomic E-state index is 0.544. The number of nitrogens with one attached hydrogen (secondary N) is 2. The van der Waals surface area contributed by atoms with E-state index in [0.29, 0.717) is 12.4 Å². The van der Waals surface area contributed by atoms with Gasteiger partial charge in [0.05, 0.1) is 12.2 Å². The zero-order chi connectivity index (χ0) is 17.2. The SMILES string of the molecule is CN=C(NCCCCCc1ccccc1)NCc1nc(C)c(C)o1. The van der Waals surface area contributed by atoms with Gasteiger partial charge in [-0.05, 0) is 38.7 Å². The Morgan fingerprint density at radius 1 is 1.08 bits per heavy atom. The van der Waals surface area contributed by atoms with E-state index in [4.69, 9.17) is 4.42 Å². The maximum absolute atomic E-state index is 5.55. The van der Waals surface area contributed by atoms with E-state index in [-0.39, 0.29) is 0 Å². The minimum Gasteiger partial charge on any atom is -0.444 e. The zero-order valence-corrected chi connectivity index (χ0v) is 14.9. The molecule has 0 aliphatic heterocycles. The lowest BCUT2D eigenvalue weighted by Gasteiger charge is -2.10. The van der Waals surface area contributed by atoms with Gasteiger partial charge in [-0.3, -0.25) is 4.99 Å². The molecular weight excluding hydrogens is 300 g/mol. The molecule has 2 rings (SSSR count). The van der Waals surface area contributed by atoms with Gasteiger partial charge in [0, 0.05) is 13.6 Å². The Hall–Kier alpha value is -2.30. The van der Waals surface area contributed by atoms with Crippen molar-refractivity contribution in [2.24, 2.45) is 4.99 Å². The molecule has 0 atom stereocenters. The molecule has 0 bridgehead atoms. The summed E-state index contributed by atoms with van der Waals surface area (Å²) in [7, 11) is 1.77. The van der Waals surface area contributed by atoms with Crippen LogP contribution in [0.25, 0.3) is 0 Å². The number of aliphatic imine (C=N–C) groups is 1. The monoisotopic (exact) mass is 328 g/mol. The molecule has 1 aromatic heterocycles. The molecule has 1 heterocycles. The molecule has 0 radical (unpaired) electrons. The molecule has 0 saturated carbocycles. The first kappa shape index (κ1) is 18.0. The first-order valence-corrected chi connectivity index (χ1v) is 8.60. The van der Waals surface area contributed by atoms with Crippen LogP contribution in [0.2, 0.25) is 0 Å². The lowest BCUT2D eigenvalue weighted by Crippen LogP contribution is -2.37. The van der Waals surface area contributed by atoms with Crippen LogP contribution in [0.1, 0.15) is 42.2 Å². The van der Waals surface area contributed by atoms with E-state index in [1.54, 1.807) is 7.05 Å². The summed E-state index contributed by atoms with van der Waals surface area (Å²) < 4.78 is 5.55. The van der Waals surface area contributed by atoms with Crippen molar-refractivity contribution in [3.63, 3.8) is 0 Å². The Bertz CT molecular complexity index is 615. The normalized spacial score (nSPS) is 11.5. The third kappa shape index (κ3) is 6.07. The molecule has 1 aromatic carbocycles. The molecule has 5 heteroatoms. The number of hydrogen-bond acceptors (Lipinski definition) is 3. The third-order valence-electron chi connectivity index (χ3n) is 3.98. The smallest absolute Gasteiger partial charge is 0.214 e. The number of oxazole rings is 1. The van der Waals surface area contributed by atoms with Gasteiger partial charge in [-0.1, -0.05) is 36.8 Å². The molecule has 0 fully saturated rings. The highest BCUT2D eigenvalue weighted by Crippen LogP contribution is 2.08. The molecule has 2 N–H and O–H groups in total. The lowest BCUT2D eigenvalue weighted by atomic mass is 10.1. The van der Waals surface area contributed by atoms with Gasteiger partial charge in [-0.2, -0.15) is 0 Å². The number of benzene rings is 1. The summed E-state index contributed by atoms with van der Waals surface area (Å²) in [5.41, 5.74) is 2.35. The lowest BCUT2D eigenvalue weighted by molar-refractivity contribution is 0.463. The summed E-state index contributed by atoms with van der Waals surface area (Å²) in [6, 6.07) is 10.6. The van der Waals surface area contributed by atoms with Gasteiger partial charge in [-0.25, -0.2) is 4.98 Å². The molecule has 24 heavy (non-hydrogen) atoms. The van der Waals surface area contributed by atoms with E-state index < -0.39 is 0 Å². The average Bonchev–Trinajstić information content (AvgIpc) is 2.92. The highest BCUT2D eigenvalue weighted by molar-refractivity contribution is 5.79. The largest absolute Gasteiger partial charge is 0.444 e. The van der Waals surface area contributed by atoms with Crippen LogP contribution < -0.4 is 10.6 Å². The zero-order valence-electron chi connectivity index (χ0n) is 14.9. The second kappa shape index (κ2) is 9.75. The second-order valence-electron chi connectivity index (χ2n) is 5.90. The molecule has 0 saturated heterocycles. The van der Waals surface area contributed by atoms with E-state index >= 15 is 0 Å². The van der Waals surface area contributed by atoms with Crippen molar-refractivity contribution in [1.29, 1.82) is 0 Å². The first-order valence-electron chi connectivity index (χ1n) is 8.60. The van der Waals surface area contributed by atoms with Crippen molar-refractivity contribution in [2.45, 2.75) is 46.1 Å². The van der Waals surface area contributed by atoms with Crippen molar-refractivity contribution in [3.8, 4) is 0 Å². The number of guanidine groups is 1. The summed E-state index contributed by atoms with van der Waals surface area (Å²) in [6.45, 7) is 5.33. The fourth-order valence-electron chi connectivity index (χ4n) is 2.48. The van der Waals surface area contributed by atoms with Crippen molar-refractivity contribution < 1.29 is 4.42 Å².